The molecule has 1 aliphatic heterocycles. The molecular weight excluding hydrogens is 118 g/mol. The van der Waals surface area contributed by atoms with E-state index in [2.05, 4.69) is 15.2 Å². The van der Waals surface area contributed by atoms with Gasteiger partial charge in [0.25, 0.3) is 0 Å². The summed E-state index contributed by atoms with van der Waals surface area (Å²) in [5, 5.41) is 7.46. The molecule has 0 spiro atoms. The molecule has 0 saturated heterocycles. The van der Waals surface area contributed by atoms with Crippen LogP contribution in [0.3, 0.4) is 0 Å². The van der Waals surface area contributed by atoms with Gasteiger partial charge in [0.2, 0.25) is 5.82 Å². The molecule has 0 amide bonds. The topological polar surface area (TPSA) is 50.8 Å². The fourth-order valence-electron chi connectivity index (χ4n) is 0.806. The summed E-state index contributed by atoms with van der Waals surface area (Å²) in [6.07, 6.45) is 0. The Hall–Kier alpha value is -1.19. The first-order valence-electron chi connectivity index (χ1n) is 2.70. The lowest BCUT2D eigenvalue weighted by molar-refractivity contribution is 0.479. The second-order valence-electron chi connectivity index (χ2n) is 1.88. The van der Waals surface area contributed by atoms with E-state index in [-0.39, 0.29) is 0 Å². The smallest absolute Gasteiger partial charge is 0.217 e. The van der Waals surface area contributed by atoms with Gasteiger partial charge in [0.15, 0.2) is 11.7 Å². The van der Waals surface area contributed by atoms with Crippen LogP contribution in [-0.4, -0.2) is 4.98 Å². The van der Waals surface area contributed by atoms with Gasteiger partial charge < -0.3 is 4.42 Å². The molecule has 0 atom stereocenters. The van der Waals surface area contributed by atoms with Crippen molar-refractivity contribution >= 4 is 5.82 Å². The van der Waals surface area contributed by atoms with Crippen molar-refractivity contribution < 1.29 is 4.42 Å². The summed E-state index contributed by atoms with van der Waals surface area (Å²) in [6.45, 7) is 2.35. The third-order valence-electron chi connectivity index (χ3n) is 1.16. The fraction of sp³-hybridized carbons (Fsp3) is 0.400. The van der Waals surface area contributed by atoms with Gasteiger partial charge in [0.05, 0.1) is 0 Å². The highest BCUT2D eigenvalue weighted by Crippen LogP contribution is 2.25. The molecule has 2 heterocycles. The Morgan fingerprint density at radius 3 is 3.22 bits per heavy atom. The summed E-state index contributed by atoms with van der Waals surface area (Å²) in [5.41, 5.74) is 0. The van der Waals surface area contributed by atoms with Crippen LogP contribution in [0.4, 0.5) is 5.82 Å². The molecular formula is C5H5N3O. The average Bonchev–Trinajstić information content (AvgIpc) is 2.22. The highest BCUT2D eigenvalue weighted by Gasteiger charge is 2.13. The van der Waals surface area contributed by atoms with Gasteiger partial charge in [-0.05, 0) is 0 Å². The van der Waals surface area contributed by atoms with E-state index in [0.717, 1.165) is 5.76 Å². The first-order valence-corrected chi connectivity index (χ1v) is 2.70. The molecule has 1 aromatic heterocycles. The van der Waals surface area contributed by atoms with Crippen LogP contribution in [-0.2, 0) is 6.54 Å². The first kappa shape index (κ1) is 4.67. The van der Waals surface area contributed by atoms with Crippen LogP contribution in [0.25, 0.3) is 0 Å². The number of azo groups is 1. The standard InChI is InChI=1S/C5H5N3O/c1-3-7-5-4(9-3)2-6-8-5/h2H2,1H3. The largest absolute Gasteiger partial charge is 0.441 e. The SMILES string of the molecule is Cc1nc2c(o1)CN=N2. The summed E-state index contributed by atoms with van der Waals surface area (Å²) in [6, 6.07) is 0. The Kier molecular flexibility index (Phi) is 0.726. The number of hydrogen-bond donors (Lipinski definition) is 0. The molecule has 1 aromatic rings. The predicted octanol–water partition coefficient (Wildman–Crippen LogP) is 1.58. The lowest BCUT2D eigenvalue weighted by atomic mass is 10.5. The Bertz CT molecular complexity index is 263. The highest BCUT2D eigenvalue weighted by atomic mass is 16.4. The quantitative estimate of drug-likeness (QED) is 0.525. The average molecular weight is 123 g/mol. The van der Waals surface area contributed by atoms with Crippen molar-refractivity contribution in [1.29, 1.82) is 0 Å². The third kappa shape index (κ3) is 0.558. The normalized spacial score (nSPS) is 14.3. The van der Waals surface area contributed by atoms with Crippen LogP contribution in [0.15, 0.2) is 14.6 Å². The van der Waals surface area contributed by atoms with Crippen molar-refractivity contribution in [3.8, 4) is 0 Å². The van der Waals surface area contributed by atoms with Gasteiger partial charge in [-0.2, -0.15) is 10.1 Å². The molecule has 0 fully saturated rings. The number of hydrogen-bond acceptors (Lipinski definition) is 4. The Morgan fingerprint density at radius 2 is 2.44 bits per heavy atom. The minimum absolute atomic E-state index is 0.552. The van der Waals surface area contributed by atoms with Crippen molar-refractivity contribution in [2.45, 2.75) is 13.5 Å². The molecule has 4 heteroatoms. The van der Waals surface area contributed by atoms with Gasteiger partial charge in [-0.15, -0.1) is 5.11 Å². The summed E-state index contributed by atoms with van der Waals surface area (Å²) >= 11 is 0. The minimum atomic E-state index is 0.552. The van der Waals surface area contributed by atoms with Crippen LogP contribution in [0, 0.1) is 6.92 Å². The molecule has 0 radical (unpaired) electrons. The number of nitrogens with zero attached hydrogens (tertiary/aromatic N) is 3. The van der Waals surface area contributed by atoms with Gasteiger partial charge in [0, 0.05) is 6.92 Å². The van der Waals surface area contributed by atoms with Crippen molar-refractivity contribution in [2.24, 2.45) is 10.2 Å². The highest BCUT2D eigenvalue weighted by molar-refractivity contribution is 5.33. The van der Waals surface area contributed by atoms with Crippen LogP contribution in [0.5, 0.6) is 0 Å². The van der Waals surface area contributed by atoms with Crippen molar-refractivity contribution in [3.05, 3.63) is 11.7 Å². The number of aryl methyl sites for hydroxylation is 1. The number of oxazole rings is 1. The monoisotopic (exact) mass is 123 g/mol. The zero-order valence-corrected chi connectivity index (χ0v) is 4.96. The summed E-state index contributed by atoms with van der Waals surface area (Å²) < 4.78 is 5.13. The van der Waals surface area contributed by atoms with E-state index in [1.807, 2.05) is 0 Å². The van der Waals surface area contributed by atoms with Crippen molar-refractivity contribution in [3.63, 3.8) is 0 Å². The van der Waals surface area contributed by atoms with Crippen LogP contribution in [0.1, 0.15) is 11.7 Å². The number of fused-ring (bicyclic) bond motifs is 1. The van der Waals surface area contributed by atoms with E-state index in [1.165, 1.54) is 0 Å². The van der Waals surface area contributed by atoms with Gasteiger partial charge in [-0.25, -0.2) is 0 Å². The third-order valence-corrected chi connectivity index (χ3v) is 1.16. The lowest BCUT2D eigenvalue weighted by Gasteiger charge is -1.77. The fourth-order valence-corrected chi connectivity index (χ4v) is 0.806. The molecule has 0 unspecified atom stereocenters. The van der Waals surface area contributed by atoms with Crippen LogP contribution < -0.4 is 0 Å². The summed E-state index contributed by atoms with van der Waals surface area (Å²) in [7, 11) is 0. The molecule has 46 valence electrons. The second kappa shape index (κ2) is 1.40. The molecule has 1 aliphatic rings. The van der Waals surface area contributed by atoms with Crippen molar-refractivity contribution in [2.75, 3.05) is 0 Å². The van der Waals surface area contributed by atoms with Gasteiger partial charge in [-0.3, -0.25) is 0 Å². The van der Waals surface area contributed by atoms with E-state index < -0.39 is 0 Å². The van der Waals surface area contributed by atoms with E-state index in [9.17, 15) is 0 Å². The van der Waals surface area contributed by atoms with E-state index in [4.69, 9.17) is 4.42 Å². The molecule has 2 rings (SSSR count). The Balaban J connectivity index is 2.61. The second-order valence-corrected chi connectivity index (χ2v) is 1.88. The zero-order chi connectivity index (χ0) is 6.27. The summed E-state index contributed by atoms with van der Waals surface area (Å²) in [4.78, 5) is 3.96. The van der Waals surface area contributed by atoms with E-state index in [0.29, 0.717) is 18.3 Å². The molecule has 4 nitrogen and oxygen atoms in total. The number of rotatable bonds is 0. The van der Waals surface area contributed by atoms with E-state index >= 15 is 0 Å². The van der Waals surface area contributed by atoms with Gasteiger partial charge in [-0.1, -0.05) is 0 Å². The van der Waals surface area contributed by atoms with Crippen LogP contribution in [0.2, 0.25) is 0 Å². The maximum atomic E-state index is 5.13. The molecule has 0 bridgehead atoms. The maximum Gasteiger partial charge on any atom is 0.217 e. The van der Waals surface area contributed by atoms with E-state index in [1.54, 1.807) is 6.92 Å². The molecule has 0 aliphatic carbocycles. The number of aromatic nitrogens is 1. The Morgan fingerprint density at radius 1 is 1.56 bits per heavy atom. The Labute approximate surface area is 51.6 Å². The molecule has 0 saturated carbocycles. The van der Waals surface area contributed by atoms with Gasteiger partial charge in [0.1, 0.15) is 6.54 Å². The van der Waals surface area contributed by atoms with Crippen LogP contribution >= 0.6 is 0 Å². The van der Waals surface area contributed by atoms with Gasteiger partial charge >= 0.3 is 0 Å². The molecule has 0 N–H and O–H groups in total. The maximum absolute atomic E-state index is 5.13. The first-order chi connectivity index (χ1) is 4.36. The molecule has 0 aromatic carbocycles. The summed E-state index contributed by atoms with van der Waals surface area (Å²) in [5.74, 6) is 2.10. The molecule has 9 heavy (non-hydrogen) atoms. The lowest BCUT2D eigenvalue weighted by Crippen LogP contribution is -1.66. The van der Waals surface area contributed by atoms with Crippen molar-refractivity contribution in [1.82, 2.24) is 4.98 Å². The minimum Gasteiger partial charge on any atom is -0.441 e. The predicted molar refractivity (Wildman–Crippen MR) is 29.5 cm³/mol. The zero-order valence-electron chi connectivity index (χ0n) is 4.96.